The Hall–Kier alpha value is -0.460. The van der Waals surface area contributed by atoms with Crippen LogP contribution in [0.4, 0.5) is 0 Å². The van der Waals surface area contributed by atoms with Crippen LogP contribution in [-0.2, 0) is 4.74 Å². The summed E-state index contributed by atoms with van der Waals surface area (Å²) in [5.74, 6) is 0.714. The van der Waals surface area contributed by atoms with Crippen LogP contribution in [0.3, 0.4) is 0 Å². The number of ether oxygens (including phenoxy) is 1. The monoisotopic (exact) mass is 140 g/mol. The van der Waals surface area contributed by atoms with Crippen LogP contribution in [-0.4, -0.2) is 6.61 Å². The minimum absolute atomic E-state index is 0.714. The molecule has 1 atom stereocenters. The van der Waals surface area contributed by atoms with Gasteiger partial charge in [0.15, 0.2) is 0 Å². The van der Waals surface area contributed by atoms with Gasteiger partial charge < -0.3 is 4.74 Å². The van der Waals surface area contributed by atoms with E-state index >= 15 is 0 Å². The van der Waals surface area contributed by atoms with E-state index in [1.165, 1.54) is 25.7 Å². The molecule has 0 spiro atoms. The van der Waals surface area contributed by atoms with Crippen molar-refractivity contribution < 1.29 is 4.74 Å². The predicted octanol–water partition coefficient (Wildman–Crippen LogP) is 2.73. The molecule has 0 amide bonds. The molecule has 0 saturated heterocycles. The highest BCUT2D eigenvalue weighted by molar-refractivity contribution is 4.88. The first kappa shape index (κ1) is 7.64. The lowest BCUT2D eigenvalue weighted by molar-refractivity contribution is 0.242. The fourth-order valence-electron chi connectivity index (χ4n) is 1.24. The summed E-state index contributed by atoms with van der Waals surface area (Å²) in [6.07, 6.45) is 9.35. The van der Waals surface area contributed by atoms with Gasteiger partial charge in [0, 0.05) is 5.92 Å². The maximum absolute atomic E-state index is 5.11. The van der Waals surface area contributed by atoms with Gasteiger partial charge in [-0.2, -0.15) is 0 Å². The quantitative estimate of drug-likeness (QED) is 0.545. The normalized spacial score (nSPS) is 23.1. The molecule has 0 N–H and O–H groups in total. The molecule has 1 rings (SSSR count). The average molecular weight is 140 g/mol. The molecule has 1 aliphatic rings. The first-order valence-corrected chi connectivity index (χ1v) is 4.21. The van der Waals surface area contributed by atoms with Crippen molar-refractivity contribution in [3.8, 4) is 0 Å². The van der Waals surface area contributed by atoms with E-state index in [9.17, 15) is 0 Å². The Labute approximate surface area is 63.1 Å². The van der Waals surface area contributed by atoms with E-state index in [4.69, 9.17) is 4.74 Å². The second-order valence-corrected chi connectivity index (χ2v) is 2.92. The Morgan fingerprint density at radius 2 is 2.40 bits per heavy atom. The summed E-state index contributed by atoms with van der Waals surface area (Å²) in [6.45, 7) is 3.16. The standard InChI is InChI=1S/C9H16O/c1-2-3-4-5-9-6-7-10-8-9/h6-7,9H,2-5,8H2,1H3. The Bertz CT molecular complexity index is 107. The van der Waals surface area contributed by atoms with Crippen LogP contribution in [0.1, 0.15) is 32.6 Å². The summed E-state index contributed by atoms with van der Waals surface area (Å²) in [4.78, 5) is 0. The van der Waals surface area contributed by atoms with Crippen molar-refractivity contribution in [3.05, 3.63) is 12.3 Å². The van der Waals surface area contributed by atoms with Gasteiger partial charge in [0.05, 0.1) is 12.9 Å². The van der Waals surface area contributed by atoms with E-state index in [1.807, 2.05) is 6.26 Å². The lowest BCUT2D eigenvalue weighted by Crippen LogP contribution is -1.97. The van der Waals surface area contributed by atoms with Crippen LogP contribution in [0, 0.1) is 5.92 Å². The third-order valence-corrected chi connectivity index (χ3v) is 1.94. The van der Waals surface area contributed by atoms with E-state index in [-0.39, 0.29) is 0 Å². The van der Waals surface area contributed by atoms with Crippen LogP contribution < -0.4 is 0 Å². The molecule has 0 aromatic heterocycles. The van der Waals surface area contributed by atoms with Gasteiger partial charge in [-0.3, -0.25) is 0 Å². The Morgan fingerprint density at radius 1 is 1.50 bits per heavy atom. The van der Waals surface area contributed by atoms with Crippen molar-refractivity contribution in [1.29, 1.82) is 0 Å². The molecule has 1 heteroatoms. The van der Waals surface area contributed by atoms with E-state index in [0.29, 0.717) is 5.92 Å². The molecule has 10 heavy (non-hydrogen) atoms. The Balaban J connectivity index is 1.97. The van der Waals surface area contributed by atoms with Crippen molar-refractivity contribution in [2.24, 2.45) is 5.92 Å². The molecule has 0 aromatic carbocycles. The molecule has 0 fully saturated rings. The van der Waals surface area contributed by atoms with Crippen LogP contribution >= 0.6 is 0 Å². The zero-order chi connectivity index (χ0) is 7.23. The largest absolute Gasteiger partial charge is 0.501 e. The third-order valence-electron chi connectivity index (χ3n) is 1.94. The molecule has 1 unspecified atom stereocenters. The first-order valence-electron chi connectivity index (χ1n) is 4.21. The average Bonchev–Trinajstić information content (AvgIpc) is 2.41. The third kappa shape index (κ3) is 2.42. The van der Waals surface area contributed by atoms with Crippen molar-refractivity contribution in [2.45, 2.75) is 32.6 Å². The number of hydrogen-bond acceptors (Lipinski definition) is 1. The Kier molecular flexibility index (Phi) is 3.34. The fourth-order valence-corrected chi connectivity index (χ4v) is 1.24. The number of hydrogen-bond donors (Lipinski definition) is 0. The lowest BCUT2D eigenvalue weighted by atomic mass is 10.0. The van der Waals surface area contributed by atoms with E-state index in [2.05, 4.69) is 13.0 Å². The molecule has 1 nitrogen and oxygen atoms in total. The SMILES string of the molecule is CCCCCC1C=COC1. The van der Waals surface area contributed by atoms with Gasteiger partial charge in [0.25, 0.3) is 0 Å². The van der Waals surface area contributed by atoms with E-state index < -0.39 is 0 Å². The van der Waals surface area contributed by atoms with Crippen LogP contribution in [0.2, 0.25) is 0 Å². The molecule has 58 valence electrons. The van der Waals surface area contributed by atoms with Gasteiger partial charge in [-0.25, -0.2) is 0 Å². The van der Waals surface area contributed by atoms with Crippen molar-refractivity contribution in [2.75, 3.05) is 6.61 Å². The minimum atomic E-state index is 0.714. The van der Waals surface area contributed by atoms with E-state index in [0.717, 1.165) is 6.61 Å². The summed E-state index contributed by atoms with van der Waals surface area (Å²) in [6, 6.07) is 0. The van der Waals surface area contributed by atoms with Crippen molar-refractivity contribution >= 4 is 0 Å². The zero-order valence-corrected chi connectivity index (χ0v) is 6.68. The summed E-state index contributed by atoms with van der Waals surface area (Å²) >= 11 is 0. The number of rotatable bonds is 4. The smallest absolute Gasteiger partial charge is 0.0936 e. The molecule has 0 radical (unpaired) electrons. The van der Waals surface area contributed by atoms with Crippen molar-refractivity contribution in [3.63, 3.8) is 0 Å². The summed E-state index contributed by atoms with van der Waals surface area (Å²) in [5.41, 5.74) is 0. The predicted molar refractivity (Wildman–Crippen MR) is 42.7 cm³/mol. The summed E-state index contributed by atoms with van der Waals surface area (Å²) in [5, 5.41) is 0. The second kappa shape index (κ2) is 4.37. The van der Waals surface area contributed by atoms with Gasteiger partial charge in [0.2, 0.25) is 0 Å². The molecule has 0 aromatic rings. The Morgan fingerprint density at radius 3 is 3.00 bits per heavy atom. The summed E-state index contributed by atoms with van der Waals surface area (Å²) < 4.78 is 5.11. The lowest BCUT2D eigenvalue weighted by Gasteiger charge is -2.03. The molecule has 0 saturated carbocycles. The molecule has 0 bridgehead atoms. The number of unbranched alkanes of at least 4 members (excludes halogenated alkanes) is 2. The molecule has 1 aliphatic heterocycles. The van der Waals surface area contributed by atoms with Crippen LogP contribution in [0.15, 0.2) is 12.3 Å². The maximum Gasteiger partial charge on any atom is 0.0936 e. The van der Waals surface area contributed by atoms with Gasteiger partial charge in [0.1, 0.15) is 0 Å². The summed E-state index contributed by atoms with van der Waals surface area (Å²) in [7, 11) is 0. The highest BCUT2D eigenvalue weighted by atomic mass is 16.5. The molecular weight excluding hydrogens is 124 g/mol. The zero-order valence-electron chi connectivity index (χ0n) is 6.68. The van der Waals surface area contributed by atoms with Crippen LogP contribution in [0.5, 0.6) is 0 Å². The van der Waals surface area contributed by atoms with Gasteiger partial charge in [-0.15, -0.1) is 0 Å². The minimum Gasteiger partial charge on any atom is -0.501 e. The highest BCUT2D eigenvalue weighted by Crippen LogP contribution is 2.15. The van der Waals surface area contributed by atoms with Crippen molar-refractivity contribution in [1.82, 2.24) is 0 Å². The van der Waals surface area contributed by atoms with Gasteiger partial charge in [-0.05, 0) is 12.5 Å². The second-order valence-electron chi connectivity index (χ2n) is 2.92. The topological polar surface area (TPSA) is 9.23 Å². The maximum atomic E-state index is 5.11. The van der Waals surface area contributed by atoms with Gasteiger partial charge in [-0.1, -0.05) is 26.2 Å². The van der Waals surface area contributed by atoms with Gasteiger partial charge >= 0.3 is 0 Å². The molecule has 0 aliphatic carbocycles. The van der Waals surface area contributed by atoms with Crippen LogP contribution in [0.25, 0.3) is 0 Å². The molecule has 1 heterocycles. The van der Waals surface area contributed by atoms with E-state index in [1.54, 1.807) is 0 Å². The highest BCUT2D eigenvalue weighted by Gasteiger charge is 2.08. The first-order chi connectivity index (χ1) is 4.93. The molecular formula is C9H16O. The fraction of sp³-hybridized carbons (Fsp3) is 0.778.